The second kappa shape index (κ2) is 6.62. The summed E-state index contributed by atoms with van der Waals surface area (Å²) < 4.78 is 1.04. The molecule has 0 amide bonds. The molecule has 0 saturated carbocycles. The maximum Gasteiger partial charge on any atom is 0.0743 e. The molecular weight excluding hydrogens is 328 g/mol. The molecule has 0 radical (unpaired) electrons. The molecule has 1 aliphatic heterocycles. The highest BCUT2D eigenvalue weighted by atomic mass is 79.9. The largest absolute Gasteiger partial charge is 0.396 e. The van der Waals surface area contributed by atoms with E-state index < -0.39 is 0 Å². The monoisotopic (exact) mass is 348 g/mol. The molecule has 1 aromatic heterocycles. The average molecular weight is 349 g/mol. The topological polar surface area (TPSA) is 54.2 Å². The van der Waals surface area contributed by atoms with Crippen LogP contribution in [0.4, 0.5) is 11.4 Å². The number of nitrogen functional groups attached to an aromatic ring is 1. The minimum atomic E-state index is 0.708. The Balaban J connectivity index is 1.73. The number of nitrogens with two attached hydrogens (primary N) is 1. The van der Waals surface area contributed by atoms with Gasteiger partial charge >= 0.3 is 0 Å². The van der Waals surface area contributed by atoms with Crippen molar-refractivity contribution in [2.24, 2.45) is 0 Å². The molecule has 0 aliphatic carbocycles. The lowest BCUT2D eigenvalue weighted by Gasteiger charge is -2.26. The number of fused-ring (bicyclic) bond motifs is 1. The standard InChI is InChI=1S/C16H21BrN4/c17-12-4-5-15-13(10-12)16(14(18)11-20-15)19-6-9-21-7-2-1-3-8-21/h4-5,10-11H,1-3,6-9,18H2,(H,19,20). The Hall–Kier alpha value is -1.33. The predicted molar refractivity (Wildman–Crippen MR) is 92.6 cm³/mol. The highest BCUT2D eigenvalue weighted by molar-refractivity contribution is 9.10. The van der Waals surface area contributed by atoms with E-state index in [-0.39, 0.29) is 0 Å². The van der Waals surface area contributed by atoms with Crippen LogP contribution in [0.15, 0.2) is 28.9 Å². The molecule has 1 aromatic carbocycles. The van der Waals surface area contributed by atoms with E-state index in [1.54, 1.807) is 6.20 Å². The van der Waals surface area contributed by atoms with Gasteiger partial charge < -0.3 is 16.0 Å². The predicted octanol–water partition coefficient (Wildman–Crippen LogP) is 3.48. The Morgan fingerprint density at radius 3 is 2.86 bits per heavy atom. The first-order valence-electron chi connectivity index (χ1n) is 7.54. The van der Waals surface area contributed by atoms with Crippen LogP contribution in [0.3, 0.4) is 0 Å². The van der Waals surface area contributed by atoms with Crippen LogP contribution in [0, 0.1) is 0 Å². The van der Waals surface area contributed by atoms with Crippen molar-refractivity contribution in [1.82, 2.24) is 9.88 Å². The van der Waals surface area contributed by atoms with Crippen LogP contribution in [0.2, 0.25) is 0 Å². The zero-order valence-electron chi connectivity index (χ0n) is 12.1. The van der Waals surface area contributed by atoms with Crippen molar-refractivity contribution in [1.29, 1.82) is 0 Å². The number of likely N-dealkylation sites (tertiary alicyclic amines) is 1. The molecule has 2 heterocycles. The second-order valence-electron chi connectivity index (χ2n) is 5.58. The molecule has 1 saturated heterocycles. The van der Waals surface area contributed by atoms with Crippen LogP contribution in [-0.2, 0) is 0 Å². The van der Waals surface area contributed by atoms with E-state index in [2.05, 4.69) is 37.2 Å². The van der Waals surface area contributed by atoms with Crippen LogP contribution in [0.5, 0.6) is 0 Å². The van der Waals surface area contributed by atoms with E-state index in [1.165, 1.54) is 32.4 Å². The van der Waals surface area contributed by atoms with Crippen LogP contribution >= 0.6 is 15.9 Å². The molecule has 112 valence electrons. The number of piperidine rings is 1. The number of aromatic nitrogens is 1. The lowest BCUT2D eigenvalue weighted by atomic mass is 10.1. The van der Waals surface area contributed by atoms with Gasteiger partial charge in [0.2, 0.25) is 0 Å². The Morgan fingerprint density at radius 1 is 1.24 bits per heavy atom. The lowest BCUT2D eigenvalue weighted by Crippen LogP contribution is -2.33. The molecule has 0 spiro atoms. The van der Waals surface area contributed by atoms with Crippen LogP contribution < -0.4 is 11.1 Å². The van der Waals surface area contributed by atoms with Gasteiger partial charge in [-0.05, 0) is 44.1 Å². The van der Waals surface area contributed by atoms with Gasteiger partial charge in [-0.3, -0.25) is 4.98 Å². The molecule has 1 aliphatic rings. The quantitative estimate of drug-likeness (QED) is 0.887. The van der Waals surface area contributed by atoms with E-state index in [1.807, 2.05) is 12.1 Å². The van der Waals surface area contributed by atoms with Crippen molar-refractivity contribution in [3.05, 3.63) is 28.9 Å². The summed E-state index contributed by atoms with van der Waals surface area (Å²) in [6, 6.07) is 6.08. The molecule has 3 N–H and O–H groups in total. The van der Waals surface area contributed by atoms with E-state index in [4.69, 9.17) is 5.73 Å². The zero-order valence-corrected chi connectivity index (χ0v) is 13.7. The maximum atomic E-state index is 6.10. The molecular formula is C16H21BrN4. The van der Waals surface area contributed by atoms with Gasteiger partial charge in [-0.25, -0.2) is 0 Å². The minimum Gasteiger partial charge on any atom is -0.396 e. The average Bonchev–Trinajstić information content (AvgIpc) is 2.50. The SMILES string of the molecule is Nc1cnc2ccc(Br)cc2c1NCCN1CCCCC1. The fraction of sp³-hybridized carbons (Fsp3) is 0.438. The van der Waals surface area contributed by atoms with Crippen molar-refractivity contribution in [3.8, 4) is 0 Å². The third-order valence-corrected chi connectivity index (χ3v) is 4.53. The molecule has 0 unspecified atom stereocenters. The Morgan fingerprint density at radius 2 is 2.05 bits per heavy atom. The van der Waals surface area contributed by atoms with Crippen molar-refractivity contribution in [3.63, 3.8) is 0 Å². The third-order valence-electron chi connectivity index (χ3n) is 4.04. The van der Waals surface area contributed by atoms with Gasteiger partial charge in [0.1, 0.15) is 0 Å². The van der Waals surface area contributed by atoms with Crippen molar-refractivity contribution in [2.45, 2.75) is 19.3 Å². The molecule has 0 bridgehead atoms. The van der Waals surface area contributed by atoms with E-state index in [0.29, 0.717) is 5.69 Å². The van der Waals surface area contributed by atoms with Gasteiger partial charge in [-0.2, -0.15) is 0 Å². The number of rotatable bonds is 4. The maximum absolute atomic E-state index is 6.10. The molecule has 3 rings (SSSR count). The van der Waals surface area contributed by atoms with Gasteiger partial charge in [-0.15, -0.1) is 0 Å². The fourth-order valence-corrected chi connectivity index (χ4v) is 3.26. The van der Waals surface area contributed by atoms with Gasteiger partial charge in [0, 0.05) is 22.9 Å². The van der Waals surface area contributed by atoms with Gasteiger partial charge in [0.25, 0.3) is 0 Å². The summed E-state index contributed by atoms with van der Waals surface area (Å²) in [5, 5.41) is 4.58. The first kappa shape index (κ1) is 14.6. The Bertz CT molecular complexity index is 618. The summed E-state index contributed by atoms with van der Waals surface area (Å²) in [4.78, 5) is 6.90. The number of nitrogens with zero attached hydrogens (tertiary/aromatic N) is 2. The molecule has 4 nitrogen and oxygen atoms in total. The number of halogens is 1. The number of benzene rings is 1. The first-order chi connectivity index (χ1) is 10.2. The molecule has 1 fully saturated rings. The summed E-state index contributed by atoms with van der Waals surface area (Å²) >= 11 is 3.52. The van der Waals surface area contributed by atoms with Gasteiger partial charge in [0.15, 0.2) is 0 Å². The number of anilines is 2. The highest BCUT2D eigenvalue weighted by Gasteiger charge is 2.11. The number of pyridine rings is 1. The van der Waals surface area contributed by atoms with Crippen LogP contribution in [-0.4, -0.2) is 36.1 Å². The first-order valence-corrected chi connectivity index (χ1v) is 8.33. The normalized spacial score (nSPS) is 16.2. The summed E-state index contributed by atoms with van der Waals surface area (Å²) in [7, 11) is 0. The number of nitrogens with one attached hydrogen (secondary N) is 1. The van der Waals surface area contributed by atoms with Gasteiger partial charge in [0.05, 0.1) is 23.1 Å². The minimum absolute atomic E-state index is 0.708. The van der Waals surface area contributed by atoms with E-state index in [9.17, 15) is 0 Å². The zero-order chi connectivity index (χ0) is 14.7. The Kier molecular flexibility index (Phi) is 4.60. The number of hydrogen-bond donors (Lipinski definition) is 2. The lowest BCUT2D eigenvalue weighted by molar-refractivity contribution is 0.237. The van der Waals surface area contributed by atoms with E-state index >= 15 is 0 Å². The molecule has 0 atom stereocenters. The van der Waals surface area contributed by atoms with Crippen LogP contribution in [0.1, 0.15) is 19.3 Å². The van der Waals surface area contributed by atoms with Crippen molar-refractivity contribution < 1.29 is 0 Å². The second-order valence-corrected chi connectivity index (χ2v) is 6.49. The van der Waals surface area contributed by atoms with E-state index in [0.717, 1.165) is 34.2 Å². The molecule has 2 aromatic rings. The smallest absolute Gasteiger partial charge is 0.0743 e. The van der Waals surface area contributed by atoms with Crippen molar-refractivity contribution in [2.75, 3.05) is 37.2 Å². The summed E-state index contributed by atoms with van der Waals surface area (Å²) in [5.41, 5.74) is 8.77. The van der Waals surface area contributed by atoms with Gasteiger partial charge in [-0.1, -0.05) is 22.4 Å². The highest BCUT2D eigenvalue weighted by Crippen LogP contribution is 2.29. The third kappa shape index (κ3) is 3.47. The summed E-state index contributed by atoms with van der Waals surface area (Å²) in [6.45, 7) is 4.42. The number of hydrogen-bond acceptors (Lipinski definition) is 4. The van der Waals surface area contributed by atoms with Crippen molar-refractivity contribution >= 4 is 38.2 Å². The Labute approximate surface area is 133 Å². The summed E-state index contributed by atoms with van der Waals surface area (Å²) in [6.07, 6.45) is 5.76. The molecule has 21 heavy (non-hydrogen) atoms. The fourth-order valence-electron chi connectivity index (χ4n) is 2.90. The molecule has 5 heteroatoms. The summed E-state index contributed by atoms with van der Waals surface area (Å²) in [5.74, 6) is 0. The van der Waals surface area contributed by atoms with Crippen LogP contribution in [0.25, 0.3) is 10.9 Å².